The predicted molar refractivity (Wildman–Crippen MR) is 75.6 cm³/mol. The summed E-state index contributed by atoms with van der Waals surface area (Å²) in [5.41, 5.74) is 13.9. The lowest BCUT2D eigenvalue weighted by Gasteiger charge is -2.30. The summed E-state index contributed by atoms with van der Waals surface area (Å²) >= 11 is 0. The molecule has 20 heavy (non-hydrogen) atoms. The van der Waals surface area contributed by atoms with Gasteiger partial charge in [0.2, 0.25) is 0 Å². The third kappa shape index (κ3) is 1.71. The minimum atomic E-state index is -0.0904. The maximum Gasteiger partial charge on any atom is 0.123 e. The monoisotopic (exact) mass is 270 g/mol. The number of nitrogens with zero attached hydrogens (tertiary/aromatic N) is 4. The molecule has 0 amide bonds. The van der Waals surface area contributed by atoms with Crippen molar-refractivity contribution in [2.24, 2.45) is 11.7 Å². The fourth-order valence-corrected chi connectivity index (χ4v) is 3.81. The van der Waals surface area contributed by atoms with E-state index in [4.69, 9.17) is 11.5 Å². The maximum absolute atomic E-state index is 6.53. The molecule has 3 atom stereocenters. The van der Waals surface area contributed by atoms with Crippen molar-refractivity contribution in [3.8, 4) is 11.3 Å². The Morgan fingerprint density at radius 1 is 1.40 bits per heavy atom. The second-order valence-corrected chi connectivity index (χ2v) is 6.15. The van der Waals surface area contributed by atoms with E-state index in [1.54, 1.807) is 6.20 Å². The largest absolute Gasteiger partial charge is 0.384 e. The first-order chi connectivity index (χ1) is 9.64. The molecule has 0 aromatic carbocycles. The van der Waals surface area contributed by atoms with Gasteiger partial charge in [0, 0.05) is 17.3 Å². The van der Waals surface area contributed by atoms with E-state index in [9.17, 15) is 0 Å². The zero-order valence-electron chi connectivity index (χ0n) is 11.2. The number of nitrogens with two attached hydrogens (primary N) is 2. The molecule has 0 saturated heterocycles. The molecule has 0 spiro atoms. The molecule has 0 radical (unpaired) electrons. The van der Waals surface area contributed by atoms with Crippen LogP contribution in [0.4, 0.5) is 5.82 Å². The molecule has 0 aliphatic heterocycles. The standard InChI is InChI=1S/C14H18N6/c15-13-6-10(2-4-17-13)11-8-20(19-18-11)12-5-9-1-3-14(12,16)7-9/h2,4,6,8-9,12H,1,3,5,7,16H2,(H2,15,17). The molecule has 4 rings (SSSR count). The van der Waals surface area contributed by atoms with E-state index in [-0.39, 0.29) is 11.6 Å². The van der Waals surface area contributed by atoms with Gasteiger partial charge in [-0.3, -0.25) is 0 Å². The van der Waals surface area contributed by atoms with Crippen LogP contribution in [0.2, 0.25) is 0 Å². The minimum Gasteiger partial charge on any atom is -0.384 e. The van der Waals surface area contributed by atoms with Crippen LogP contribution in [-0.4, -0.2) is 25.5 Å². The van der Waals surface area contributed by atoms with Crippen LogP contribution in [0.3, 0.4) is 0 Å². The van der Waals surface area contributed by atoms with Crippen molar-refractivity contribution in [2.75, 3.05) is 5.73 Å². The molecule has 2 aromatic heterocycles. The molecule has 2 heterocycles. The van der Waals surface area contributed by atoms with Crippen LogP contribution in [-0.2, 0) is 0 Å². The van der Waals surface area contributed by atoms with Gasteiger partial charge >= 0.3 is 0 Å². The Balaban J connectivity index is 1.66. The quantitative estimate of drug-likeness (QED) is 0.859. The summed E-state index contributed by atoms with van der Waals surface area (Å²) in [6.07, 6.45) is 8.27. The third-order valence-electron chi connectivity index (χ3n) is 4.81. The minimum absolute atomic E-state index is 0.0904. The van der Waals surface area contributed by atoms with Crippen molar-refractivity contribution < 1.29 is 0 Å². The van der Waals surface area contributed by atoms with Crippen molar-refractivity contribution in [2.45, 2.75) is 37.3 Å². The van der Waals surface area contributed by atoms with Gasteiger partial charge in [-0.15, -0.1) is 5.10 Å². The Morgan fingerprint density at radius 2 is 2.30 bits per heavy atom. The van der Waals surface area contributed by atoms with E-state index >= 15 is 0 Å². The average molecular weight is 270 g/mol. The number of aromatic nitrogens is 4. The van der Waals surface area contributed by atoms with Gasteiger partial charge in [0.1, 0.15) is 11.5 Å². The summed E-state index contributed by atoms with van der Waals surface area (Å²) in [4.78, 5) is 3.99. The first kappa shape index (κ1) is 11.8. The summed E-state index contributed by atoms with van der Waals surface area (Å²) in [6, 6.07) is 3.98. The first-order valence-electron chi connectivity index (χ1n) is 7.07. The summed E-state index contributed by atoms with van der Waals surface area (Å²) in [5, 5.41) is 8.55. The van der Waals surface area contributed by atoms with Crippen LogP contribution >= 0.6 is 0 Å². The van der Waals surface area contributed by atoms with Gasteiger partial charge in [0.05, 0.1) is 12.2 Å². The van der Waals surface area contributed by atoms with Crippen LogP contribution in [0.1, 0.15) is 31.7 Å². The van der Waals surface area contributed by atoms with Gasteiger partial charge in [0.25, 0.3) is 0 Å². The van der Waals surface area contributed by atoms with Gasteiger partial charge in [-0.2, -0.15) is 0 Å². The number of rotatable bonds is 2. The topological polar surface area (TPSA) is 95.6 Å². The van der Waals surface area contributed by atoms with Crippen molar-refractivity contribution in [3.63, 3.8) is 0 Å². The van der Waals surface area contributed by atoms with E-state index in [0.29, 0.717) is 5.82 Å². The van der Waals surface area contributed by atoms with E-state index < -0.39 is 0 Å². The highest BCUT2D eigenvalue weighted by Gasteiger charge is 2.50. The lowest BCUT2D eigenvalue weighted by atomic mass is 9.89. The SMILES string of the molecule is Nc1cc(-c2cn(C3CC4CCC3(N)C4)nn2)ccn1. The molecule has 2 aliphatic carbocycles. The fourth-order valence-electron chi connectivity index (χ4n) is 3.81. The second kappa shape index (κ2) is 4.02. The van der Waals surface area contributed by atoms with Crippen LogP contribution in [0.5, 0.6) is 0 Å². The summed E-state index contributed by atoms with van der Waals surface area (Å²) in [5.74, 6) is 1.25. The van der Waals surface area contributed by atoms with E-state index in [2.05, 4.69) is 15.3 Å². The van der Waals surface area contributed by atoms with Gasteiger partial charge in [-0.05, 0) is 43.7 Å². The molecule has 6 heteroatoms. The van der Waals surface area contributed by atoms with Crippen LogP contribution in [0, 0.1) is 5.92 Å². The molecule has 2 saturated carbocycles. The zero-order valence-corrected chi connectivity index (χ0v) is 11.2. The molecule has 2 aliphatic rings. The van der Waals surface area contributed by atoms with Crippen molar-refractivity contribution in [1.29, 1.82) is 0 Å². The number of anilines is 1. The van der Waals surface area contributed by atoms with Crippen molar-refractivity contribution in [3.05, 3.63) is 24.5 Å². The summed E-state index contributed by atoms with van der Waals surface area (Å²) in [6.45, 7) is 0. The molecule has 3 unspecified atom stereocenters. The Kier molecular flexibility index (Phi) is 2.38. The zero-order chi connectivity index (χ0) is 13.7. The molecule has 2 fully saturated rings. The van der Waals surface area contributed by atoms with Crippen LogP contribution < -0.4 is 11.5 Å². The van der Waals surface area contributed by atoms with E-state index in [1.165, 1.54) is 6.42 Å². The number of nitrogen functional groups attached to an aromatic ring is 1. The highest BCUT2D eigenvalue weighted by molar-refractivity contribution is 5.60. The maximum atomic E-state index is 6.53. The molecule has 104 valence electrons. The molecule has 4 N–H and O–H groups in total. The number of pyridine rings is 1. The van der Waals surface area contributed by atoms with E-state index in [1.807, 2.05) is 23.0 Å². The Hall–Kier alpha value is -1.95. The first-order valence-corrected chi connectivity index (χ1v) is 7.07. The number of hydrogen-bond donors (Lipinski definition) is 2. The lowest BCUT2D eigenvalue weighted by Crippen LogP contribution is -2.43. The molecule has 2 aromatic rings. The lowest BCUT2D eigenvalue weighted by molar-refractivity contribution is 0.260. The summed E-state index contributed by atoms with van der Waals surface area (Å²) < 4.78 is 1.95. The van der Waals surface area contributed by atoms with Crippen molar-refractivity contribution >= 4 is 5.82 Å². The van der Waals surface area contributed by atoms with Gasteiger partial charge in [0.15, 0.2) is 0 Å². The third-order valence-corrected chi connectivity index (χ3v) is 4.81. The predicted octanol–water partition coefficient (Wildman–Crippen LogP) is 1.36. The average Bonchev–Trinajstić information content (AvgIpc) is 3.10. The van der Waals surface area contributed by atoms with Crippen LogP contribution in [0.25, 0.3) is 11.3 Å². The molecular formula is C14H18N6. The van der Waals surface area contributed by atoms with Gasteiger partial charge in [-0.25, -0.2) is 9.67 Å². The highest BCUT2D eigenvalue weighted by Crippen LogP contribution is 2.52. The smallest absolute Gasteiger partial charge is 0.123 e. The highest BCUT2D eigenvalue weighted by atomic mass is 15.4. The molecule has 6 nitrogen and oxygen atoms in total. The molecule has 2 bridgehead atoms. The second-order valence-electron chi connectivity index (χ2n) is 6.15. The molecular weight excluding hydrogens is 252 g/mol. The van der Waals surface area contributed by atoms with Crippen LogP contribution in [0.15, 0.2) is 24.5 Å². The number of fused-ring (bicyclic) bond motifs is 2. The number of hydrogen-bond acceptors (Lipinski definition) is 5. The Morgan fingerprint density at radius 3 is 3.00 bits per heavy atom. The van der Waals surface area contributed by atoms with Gasteiger partial charge in [-0.1, -0.05) is 5.21 Å². The Bertz CT molecular complexity index is 651. The fraction of sp³-hybridized carbons (Fsp3) is 0.500. The normalized spacial score (nSPS) is 31.9. The summed E-state index contributed by atoms with van der Waals surface area (Å²) in [7, 11) is 0. The van der Waals surface area contributed by atoms with Crippen molar-refractivity contribution in [1.82, 2.24) is 20.0 Å². The van der Waals surface area contributed by atoms with Gasteiger partial charge < -0.3 is 11.5 Å². The Labute approximate surface area is 117 Å². The van der Waals surface area contributed by atoms with E-state index in [0.717, 1.165) is 36.4 Å².